The Morgan fingerprint density at radius 3 is 2.39 bits per heavy atom. The first-order valence-electron chi connectivity index (χ1n) is 8.06. The van der Waals surface area contributed by atoms with Crippen LogP contribution >= 0.6 is 0 Å². The highest BCUT2D eigenvalue weighted by atomic mass is 19.4. The second kappa shape index (κ2) is 7.75. The molecule has 7 nitrogen and oxygen atoms in total. The quantitative estimate of drug-likeness (QED) is 0.800. The van der Waals surface area contributed by atoms with Crippen LogP contribution in [0.25, 0.3) is 6.08 Å². The smallest absolute Gasteiger partial charge is 0.376 e. The molecule has 2 aromatic rings. The summed E-state index contributed by atoms with van der Waals surface area (Å²) in [6, 6.07) is 3.02. The van der Waals surface area contributed by atoms with Crippen molar-refractivity contribution < 1.29 is 18.0 Å². The first kappa shape index (κ1) is 21.0. The van der Waals surface area contributed by atoms with E-state index in [1.807, 2.05) is 0 Å². The fourth-order valence-corrected chi connectivity index (χ4v) is 2.49. The van der Waals surface area contributed by atoms with Gasteiger partial charge in [0.15, 0.2) is 0 Å². The molecule has 0 atom stereocenters. The van der Waals surface area contributed by atoms with Crippen molar-refractivity contribution in [2.45, 2.75) is 6.18 Å². The number of hydrogen-bond donors (Lipinski definition) is 1. The molecule has 0 bridgehead atoms. The summed E-state index contributed by atoms with van der Waals surface area (Å²) in [4.78, 5) is 37.5. The molecule has 10 heteroatoms. The lowest BCUT2D eigenvalue weighted by molar-refractivity contribution is -0.137. The lowest BCUT2D eigenvalue weighted by Crippen LogP contribution is -2.37. The molecule has 0 radical (unpaired) electrons. The number of carbonyl (C=O) groups excluding carboxylic acids is 1. The van der Waals surface area contributed by atoms with Gasteiger partial charge in [-0.3, -0.25) is 14.2 Å². The summed E-state index contributed by atoms with van der Waals surface area (Å²) in [6.07, 6.45) is -1.08. The van der Waals surface area contributed by atoms with Crippen molar-refractivity contribution in [3.8, 4) is 0 Å². The molecule has 1 aromatic heterocycles. The number of nitrogens with one attached hydrogen (secondary N) is 1. The third-order valence-electron chi connectivity index (χ3n) is 3.95. The molecule has 0 aliphatic heterocycles. The van der Waals surface area contributed by atoms with Crippen LogP contribution in [0.5, 0.6) is 0 Å². The average molecular weight is 396 g/mol. The number of carbonyl (C=O) groups is 1. The van der Waals surface area contributed by atoms with Gasteiger partial charge in [0.05, 0.1) is 22.5 Å². The number of aryl methyl sites for hydroxylation is 1. The molecule has 0 spiro atoms. The third kappa shape index (κ3) is 4.51. The molecule has 0 unspecified atom stereocenters. The van der Waals surface area contributed by atoms with E-state index in [1.54, 1.807) is 19.0 Å². The van der Waals surface area contributed by atoms with Gasteiger partial charge in [0, 0.05) is 40.5 Å². The van der Waals surface area contributed by atoms with Crippen LogP contribution < -0.4 is 21.5 Å². The average Bonchev–Trinajstić information content (AvgIpc) is 2.60. The minimum absolute atomic E-state index is 0.0251. The van der Waals surface area contributed by atoms with Crippen molar-refractivity contribution >= 4 is 23.4 Å². The van der Waals surface area contributed by atoms with E-state index in [2.05, 4.69) is 5.32 Å². The summed E-state index contributed by atoms with van der Waals surface area (Å²) in [5.74, 6) is -0.724. The van der Waals surface area contributed by atoms with Crippen LogP contribution in [-0.4, -0.2) is 29.1 Å². The second-order valence-electron chi connectivity index (χ2n) is 6.29. The van der Waals surface area contributed by atoms with Crippen LogP contribution in [0.1, 0.15) is 11.1 Å². The maximum Gasteiger partial charge on any atom is 0.416 e. The van der Waals surface area contributed by atoms with Crippen molar-refractivity contribution in [3.63, 3.8) is 0 Å². The minimum atomic E-state index is -4.55. The standard InChI is InChI=1S/C18H19F3N4O3/c1-23(2)14-7-6-12(18(19,20)21)9-13(14)22-15(26)8-5-11-10-24(3)17(28)25(4)16(11)27/h5-10H,1-4H3,(H,22,26)/b8-5+. The molecule has 0 saturated carbocycles. The molecule has 0 saturated heterocycles. The summed E-state index contributed by atoms with van der Waals surface area (Å²) < 4.78 is 40.9. The Balaban J connectivity index is 2.34. The number of rotatable bonds is 4. The Bertz CT molecular complexity index is 1050. The number of alkyl halides is 3. The molecule has 0 aliphatic rings. The van der Waals surface area contributed by atoms with E-state index < -0.39 is 28.9 Å². The highest BCUT2D eigenvalue weighted by Crippen LogP contribution is 2.34. The Hall–Kier alpha value is -3.30. The topological polar surface area (TPSA) is 76.3 Å². The summed E-state index contributed by atoms with van der Waals surface area (Å²) >= 11 is 0. The van der Waals surface area contributed by atoms with Gasteiger partial charge in [0.2, 0.25) is 5.91 Å². The number of benzene rings is 1. The van der Waals surface area contributed by atoms with E-state index in [0.717, 1.165) is 22.8 Å². The number of halogens is 3. The molecule has 1 heterocycles. The third-order valence-corrected chi connectivity index (χ3v) is 3.95. The summed E-state index contributed by atoms with van der Waals surface area (Å²) in [5, 5.41) is 2.39. The van der Waals surface area contributed by atoms with Gasteiger partial charge in [-0.05, 0) is 24.3 Å². The lowest BCUT2D eigenvalue weighted by Gasteiger charge is -2.19. The largest absolute Gasteiger partial charge is 0.416 e. The SMILES string of the molecule is CN(C)c1ccc(C(F)(F)F)cc1NC(=O)/C=C/c1cn(C)c(=O)n(C)c1=O. The van der Waals surface area contributed by atoms with E-state index in [9.17, 15) is 27.6 Å². The molecule has 1 amide bonds. The van der Waals surface area contributed by atoms with E-state index in [1.165, 1.54) is 37.0 Å². The monoisotopic (exact) mass is 396 g/mol. The molecular weight excluding hydrogens is 377 g/mol. The zero-order valence-corrected chi connectivity index (χ0v) is 15.7. The van der Waals surface area contributed by atoms with Gasteiger partial charge in [0.1, 0.15) is 0 Å². The predicted molar refractivity (Wildman–Crippen MR) is 100 cm³/mol. The van der Waals surface area contributed by atoms with Crippen LogP contribution in [0.4, 0.5) is 24.5 Å². The molecule has 1 aromatic carbocycles. The Morgan fingerprint density at radius 1 is 1.18 bits per heavy atom. The van der Waals surface area contributed by atoms with Gasteiger partial charge < -0.3 is 14.8 Å². The lowest BCUT2D eigenvalue weighted by atomic mass is 10.1. The highest BCUT2D eigenvalue weighted by molar-refractivity contribution is 6.03. The maximum absolute atomic E-state index is 13.0. The van der Waals surface area contributed by atoms with Crippen LogP contribution in [0.3, 0.4) is 0 Å². The first-order valence-corrected chi connectivity index (χ1v) is 8.06. The minimum Gasteiger partial charge on any atom is -0.376 e. The Morgan fingerprint density at radius 2 is 1.82 bits per heavy atom. The normalized spacial score (nSPS) is 11.7. The number of hydrogen-bond acceptors (Lipinski definition) is 4. The molecule has 2 rings (SSSR count). The van der Waals surface area contributed by atoms with Gasteiger partial charge in [-0.15, -0.1) is 0 Å². The fraction of sp³-hybridized carbons (Fsp3) is 0.278. The van der Waals surface area contributed by atoms with Gasteiger partial charge in [-0.25, -0.2) is 4.79 Å². The molecular formula is C18H19F3N4O3. The number of nitrogens with zero attached hydrogens (tertiary/aromatic N) is 3. The zero-order valence-electron chi connectivity index (χ0n) is 15.7. The van der Waals surface area contributed by atoms with Gasteiger partial charge in [-0.1, -0.05) is 0 Å². The van der Waals surface area contributed by atoms with E-state index in [4.69, 9.17) is 0 Å². The second-order valence-corrected chi connectivity index (χ2v) is 6.29. The van der Waals surface area contributed by atoms with Gasteiger partial charge in [0.25, 0.3) is 5.56 Å². The number of anilines is 2. The molecule has 28 heavy (non-hydrogen) atoms. The maximum atomic E-state index is 13.0. The molecule has 0 aliphatic carbocycles. The number of aromatic nitrogens is 2. The van der Waals surface area contributed by atoms with Crippen LogP contribution in [0, 0.1) is 0 Å². The summed E-state index contributed by atoms with van der Waals surface area (Å²) in [5.41, 5.74) is -1.58. The van der Waals surface area contributed by atoms with Crippen LogP contribution in [0.2, 0.25) is 0 Å². The van der Waals surface area contributed by atoms with E-state index >= 15 is 0 Å². The molecule has 0 fully saturated rings. The van der Waals surface area contributed by atoms with Crippen LogP contribution in [-0.2, 0) is 25.1 Å². The zero-order chi connectivity index (χ0) is 21.2. The molecule has 1 N–H and O–H groups in total. The van der Waals surface area contributed by atoms with Crippen LogP contribution in [0.15, 0.2) is 40.1 Å². The van der Waals surface area contributed by atoms with E-state index in [0.29, 0.717) is 5.69 Å². The van der Waals surface area contributed by atoms with Crippen molar-refractivity contribution in [3.05, 3.63) is 62.4 Å². The fourth-order valence-electron chi connectivity index (χ4n) is 2.49. The van der Waals surface area contributed by atoms with Crippen molar-refractivity contribution in [1.29, 1.82) is 0 Å². The number of amides is 1. The van der Waals surface area contributed by atoms with E-state index in [-0.39, 0.29) is 11.3 Å². The Kier molecular flexibility index (Phi) is 5.81. The Labute approximate surface area is 158 Å². The molecule has 150 valence electrons. The summed E-state index contributed by atoms with van der Waals surface area (Å²) in [7, 11) is 6.00. The highest BCUT2D eigenvalue weighted by Gasteiger charge is 2.31. The first-order chi connectivity index (χ1) is 12.9. The van der Waals surface area contributed by atoms with Gasteiger partial charge in [-0.2, -0.15) is 13.2 Å². The van der Waals surface area contributed by atoms with Crippen molar-refractivity contribution in [1.82, 2.24) is 9.13 Å². The predicted octanol–water partition coefficient (Wildman–Crippen LogP) is 1.82. The van der Waals surface area contributed by atoms with Gasteiger partial charge >= 0.3 is 11.9 Å². The summed E-state index contributed by atoms with van der Waals surface area (Å²) in [6.45, 7) is 0. The van der Waals surface area contributed by atoms with Crippen molar-refractivity contribution in [2.24, 2.45) is 14.1 Å². The van der Waals surface area contributed by atoms with Crippen molar-refractivity contribution in [2.75, 3.05) is 24.3 Å².